The number of aryl methyl sites for hydroxylation is 1. The zero-order chi connectivity index (χ0) is 19.6. The number of hydrogen-bond acceptors (Lipinski definition) is 4. The minimum atomic E-state index is -3.38. The third-order valence-corrected chi connectivity index (χ3v) is 8.08. The summed E-state index contributed by atoms with van der Waals surface area (Å²) >= 11 is 0. The number of benzene rings is 1. The van der Waals surface area contributed by atoms with Crippen LogP contribution in [0.4, 0.5) is 0 Å². The third-order valence-electron chi connectivity index (χ3n) is 6.16. The van der Waals surface area contributed by atoms with Crippen molar-refractivity contribution in [1.82, 2.24) is 14.5 Å². The summed E-state index contributed by atoms with van der Waals surface area (Å²) in [5.41, 5.74) is 0.999. The standard InChI is InChI=1S/C21H31N3O3S/c25-21(22-18-12-15-23(16-18)19-7-8-19)11-6-17-4-9-20(10-5-17)28(26,27)24-13-2-1-3-14-24/h4-5,9-10,18-19H,1-3,6-8,11-16H2,(H,22,25)/t18-/m1/s1. The summed E-state index contributed by atoms with van der Waals surface area (Å²) in [6.07, 6.45) is 7.72. The highest BCUT2D eigenvalue weighted by Crippen LogP contribution is 2.29. The van der Waals surface area contributed by atoms with Crippen LogP contribution in [0.2, 0.25) is 0 Å². The predicted octanol–water partition coefficient (Wildman–Crippen LogP) is 2.15. The molecule has 1 aromatic rings. The number of hydrogen-bond donors (Lipinski definition) is 1. The summed E-state index contributed by atoms with van der Waals surface area (Å²) in [7, 11) is -3.38. The molecule has 6 nitrogen and oxygen atoms in total. The SMILES string of the molecule is O=C(CCc1ccc(S(=O)(=O)N2CCCCC2)cc1)N[C@@H]1CCN(C2CC2)C1. The first kappa shape index (κ1) is 19.9. The summed E-state index contributed by atoms with van der Waals surface area (Å²) in [6, 6.07) is 8.10. The van der Waals surface area contributed by atoms with Crippen LogP contribution in [0.1, 0.15) is 50.5 Å². The Hall–Kier alpha value is -1.44. The van der Waals surface area contributed by atoms with Gasteiger partial charge in [-0.25, -0.2) is 8.42 Å². The fraction of sp³-hybridized carbons (Fsp3) is 0.667. The zero-order valence-corrected chi connectivity index (χ0v) is 17.3. The first-order valence-electron chi connectivity index (χ1n) is 10.6. The van der Waals surface area contributed by atoms with Crippen molar-refractivity contribution in [2.24, 2.45) is 0 Å². The highest BCUT2D eigenvalue weighted by atomic mass is 32.2. The van der Waals surface area contributed by atoms with Gasteiger partial charge >= 0.3 is 0 Å². The van der Waals surface area contributed by atoms with Crippen molar-refractivity contribution in [3.63, 3.8) is 0 Å². The topological polar surface area (TPSA) is 69.7 Å². The van der Waals surface area contributed by atoms with Crippen molar-refractivity contribution in [3.05, 3.63) is 29.8 Å². The second-order valence-corrected chi connectivity index (χ2v) is 10.3. The molecular formula is C21H31N3O3S. The average molecular weight is 406 g/mol. The van der Waals surface area contributed by atoms with E-state index in [1.54, 1.807) is 16.4 Å². The lowest BCUT2D eigenvalue weighted by Crippen LogP contribution is -2.37. The average Bonchev–Trinajstić information content (AvgIpc) is 3.47. The molecule has 3 aliphatic rings. The molecule has 3 fully saturated rings. The molecule has 2 heterocycles. The van der Waals surface area contributed by atoms with E-state index in [-0.39, 0.29) is 11.9 Å². The van der Waals surface area contributed by atoms with E-state index in [9.17, 15) is 13.2 Å². The van der Waals surface area contributed by atoms with Crippen LogP contribution in [0, 0.1) is 0 Å². The van der Waals surface area contributed by atoms with E-state index in [0.717, 1.165) is 50.4 Å². The molecule has 1 aromatic carbocycles. The summed E-state index contributed by atoms with van der Waals surface area (Å²) in [5, 5.41) is 3.16. The van der Waals surface area contributed by atoms with Gasteiger partial charge in [-0.05, 0) is 56.2 Å². The Bertz CT molecular complexity index is 784. The maximum Gasteiger partial charge on any atom is 0.243 e. The number of rotatable bonds is 7. The molecule has 1 amide bonds. The van der Waals surface area contributed by atoms with Crippen molar-refractivity contribution in [2.75, 3.05) is 26.2 Å². The fourth-order valence-electron chi connectivity index (χ4n) is 4.32. The maximum absolute atomic E-state index is 12.7. The number of likely N-dealkylation sites (tertiary alicyclic amines) is 1. The summed E-state index contributed by atoms with van der Waals surface area (Å²) in [5.74, 6) is 0.0904. The Kier molecular flexibility index (Phi) is 6.04. The van der Waals surface area contributed by atoms with Crippen LogP contribution in [0.3, 0.4) is 0 Å². The van der Waals surface area contributed by atoms with Crippen molar-refractivity contribution < 1.29 is 13.2 Å². The fourth-order valence-corrected chi connectivity index (χ4v) is 5.83. The lowest BCUT2D eigenvalue weighted by atomic mass is 10.1. The van der Waals surface area contributed by atoms with Gasteiger partial charge in [0.25, 0.3) is 0 Å². The van der Waals surface area contributed by atoms with Gasteiger partial charge in [0.2, 0.25) is 15.9 Å². The molecule has 1 atom stereocenters. The van der Waals surface area contributed by atoms with Crippen LogP contribution in [-0.2, 0) is 21.2 Å². The number of nitrogens with zero attached hydrogens (tertiary/aromatic N) is 2. The molecular weight excluding hydrogens is 374 g/mol. The largest absolute Gasteiger partial charge is 0.352 e. The van der Waals surface area contributed by atoms with Gasteiger partial charge in [-0.3, -0.25) is 9.69 Å². The molecule has 7 heteroatoms. The summed E-state index contributed by atoms with van der Waals surface area (Å²) in [4.78, 5) is 15.1. The second kappa shape index (κ2) is 8.51. The number of amides is 1. The number of piperidine rings is 1. The Morgan fingerprint density at radius 2 is 1.71 bits per heavy atom. The van der Waals surface area contributed by atoms with E-state index in [2.05, 4.69) is 10.2 Å². The van der Waals surface area contributed by atoms with Crippen molar-refractivity contribution in [1.29, 1.82) is 0 Å². The molecule has 0 spiro atoms. The van der Waals surface area contributed by atoms with E-state index in [0.29, 0.717) is 30.8 Å². The molecule has 0 aromatic heterocycles. The van der Waals surface area contributed by atoms with Gasteiger partial charge in [-0.1, -0.05) is 18.6 Å². The summed E-state index contributed by atoms with van der Waals surface area (Å²) < 4.78 is 27.0. The molecule has 1 saturated carbocycles. The van der Waals surface area contributed by atoms with Crippen molar-refractivity contribution in [2.45, 2.75) is 68.3 Å². The van der Waals surface area contributed by atoms with Crippen LogP contribution in [0.5, 0.6) is 0 Å². The second-order valence-electron chi connectivity index (χ2n) is 8.39. The van der Waals surface area contributed by atoms with E-state index in [4.69, 9.17) is 0 Å². The van der Waals surface area contributed by atoms with Gasteiger partial charge < -0.3 is 5.32 Å². The monoisotopic (exact) mass is 405 g/mol. The molecule has 0 bridgehead atoms. The molecule has 0 unspecified atom stereocenters. The van der Waals surface area contributed by atoms with Gasteiger partial charge in [0, 0.05) is 44.7 Å². The summed E-state index contributed by atoms with van der Waals surface area (Å²) in [6.45, 7) is 3.31. The number of carbonyl (C=O) groups excluding carboxylic acids is 1. The van der Waals surface area contributed by atoms with Crippen LogP contribution >= 0.6 is 0 Å². The van der Waals surface area contributed by atoms with E-state index < -0.39 is 10.0 Å². The quantitative estimate of drug-likeness (QED) is 0.755. The van der Waals surface area contributed by atoms with E-state index in [1.165, 1.54) is 12.8 Å². The Morgan fingerprint density at radius 1 is 1.00 bits per heavy atom. The maximum atomic E-state index is 12.7. The molecule has 0 radical (unpaired) electrons. The van der Waals surface area contributed by atoms with Gasteiger partial charge in [-0.2, -0.15) is 4.31 Å². The van der Waals surface area contributed by atoms with Crippen LogP contribution in [0.25, 0.3) is 0 Å². The first-order valence-corrected chi connectivity index (χ1v) is 12.1. The van der Waals surface area contributed by atoms with Crippen molar-refractivity contribution in [3.8, 4) is 0 Å². The van der Waals surface area contributed by atoms with Gasteiger partial charge in [0.05, 0.1) is 4.90 Å². The van der Waals surface area contributed by atoms with Crippen LogP contribution in [-0.4, -0.2) is 61.8 Å². The molecule has 2 saturated heterocycles. The highest BCUT2D eigenvalue weighted by molar-refractivity contribution is 7.89. The molecule has 1 N–H and O–H groups in total. The smallest absolute Gasteiger partial charge is 0.243 e. The normalized spacial score (nSPS) is 24.4. The number of sulfonamides is 1. The lowest BCUT2D eigenvalue weighted by molar-refractivity contribution is -0.121. The van der Waals surface area contributed by atoms with Gasteiger partial charge in [0.15, 0.2) is 0 Å². The zero-order valence-electron chi connectivity index (χ0n) is 16.5. The van der Waals surface area contributed by atoms with E-state index in [1.807, 2.05) is 12.1 Å². The van der Waals surface area contributed by atoms with Gasteiger partial charge in [0.1, 0.15) is 0 Å². The minimum Gasteiger partial charge on any atom is -0.352 e. The molecule has 2 aliphatic heterocycles. The third kappa shape index (κ3) is 4.75. The first-order chi connectivity index (χ1) is 13.5. The van der Waals surface area contributed by atoms with Crippen LogP contribution in [0.15, 0.2) is 29.2 Å². The predicted molar refractivity (Wildman–Crippen MR) is 109 cm³/mol. The Labute approximate surface area is 168 Å². The van der Waals surface area contributed by atoms with Crippen molar-refractivity contribution >= 4 is 15.9 Å². The van der Waals surface area contributed by atoms with Crippen LogP contribution < -0.4 is 5.32 Å². The lowest BCUT2D eigenvalue weighted by Gasteiger charge is -2.25. The minimum absolute atomic E-state index is 0.0904. The molecule has 28 heavy (non-hydrogen) atoms. The van der Waals surface area contributed by atoms with Gasteiger partial charge in [-0.15, -0.1) is 0 Å². The highest BCUT2D eigenvalue weighted by Gasteiger charge is 2.34. The number of nitrogens with one attached hydrogen (secondary N) is 1. The Morgan fingerprint density at radius 3 is 2.39 bits per heavy atom. The molecule has 154 valence electrons. The molecule has 4 rings (SSSR count). The Balaban J connectivity index is 1.25. The number of carbonyl (C=O) groups is 1. The van der Waals surface area contributed by atoms with E-state index >= 15 is 0 Å². The molecule has 1 aliphatic carbocycles.